The first-order valence-electron chi connectivity index (χ1n) is 7.92. The third kappa shape index (κ3) is 4.94. The van der Waals surface area contributed by atoms with Crippen LogP contribution in [0.3, 0.4) is 0 Å². The van der Waals surface area contributed by atoms with Gasteiger partial charge in [-0.1, -0.05) is 12.1 Å². The maximum Gasteiger partial charge on any atom is 0.396 e. The summed E-state index contributed by atoms with van der Waals surface area (Å²) in [5.74, 6) is -1.15. The third-order valence-corrected chi connectivity index (χ3v) is 3.72. The molecule has 0 aliphatic carbocycles. The largest absolute Gasteiger partial charge is 0.497 e. The van der Waals surface area contributed by atoms with Crippen molar-refractivity contribution in [2.24, 2.45) is 0 Å². The number of ether oxygens (including phenoxy) is 3. The zero-order valence-corrected chi connectivity index (χ0v) is 15.1. The van der Waals surface area contributed by atoms with Gasteiger partial charge >= 0.3 is 11.9 Å². The fourth-order valence-electron chi connectivity index (χ4n) is 2.24. The molecule has 2 rings (SSSR count). The Morgan fingerprint density at radius 2 is 1.26 bits per heavy atom. The maximum atomic E-state index is 12.9. The number of rotatable bonds is 6. The van der Waals surface area contributed by atoms with Gasteiger partial charge in [0.1, 0.15) is 11.5 Å². The molecule has 0 fully saturated rings. The van der Waals surface area contributed by atoms with E-state index >= 15 is 0 Å². The van der Waals surface area contributed by atoms with Gasteiger partial charge in [0.25, 0.3) is 0 Å². The van der Waals surface area contributed by atoms with Crippen molar-refractivity contribution in [1.29, 1.82) is 0 Å². The van der Waals surface area contributed by atoms with Crippen molar-refractivity contribution in [2.45, 2.75) is 0 Å². The predicted molar refractivity (Wildman–Crippen MR) is 98.5 cm³/mol. The van der Waals surface area contributed by atoms with Crippen molar-refractivity contribution in [2.75, 3.05) is 21.3 Å². The van der Waals surface area contributed by atoms with Crippen LogP contribution in [0, 0.1) is 0 Å². The van der Waals surface area contributed by atoms with Gasteiger partial charge in [0.15, 0.2) is 5.78 Å². The average molecular weight is 369 g/mol. The van der Waals surface area contributed by atoms with Crippen molar-refractivity contribution in [3.8, 4) is 11.5 Å². The number of amides is 1. The van der Waals surface area contributed by atoms with Crippen LogP contribution in [0.4, 0.5) is 0 Å². The first kappa shape index (κ1) is 19.7. The van der Waals surface area contributed by atoms with Crippen LogP contribution in [0.1, 0.15) is 15.9 Å². The molecule has 1 amide bonds. The van der Waals surface area contributed by atoms with Gasteiger partial charge in [0.2, 0.25) is 0 Å². The van der Waals surface area contributed by atoms with Gasteiger partial charge < -0.3 is 19.5 Å². The number of nitrogens with one attached hydrogen (secondary N) is 1. The summed E-state index contributed by atoms with van der Waals surface area (Å²) in [7, 11) is 4.16. The monoisotopic (exact) mass is 369 g/mol. The van der Waals surface area contributed by atoms with Crippen LogP contribution in [0.2, 0.25) is 0 Å². The smallest absolute Gasteiger partial charge is 0.396 e. The van der Waals surface area contributed by atoms with Crippen LogP contribution < -0.4 is 14.8 Å². The van der Waals surface area contributed by atoms with E-state index in [1.54, 1.807) is 48.5 Å². The van der Waals surface area contributed by atoms with E-state index in [-0.39, 0.29) is 11.4 Å². The molecule has 0 saturated carbocycles. The van der Waals surface area contributed by atoms with Gasteiger partial charge in [-0.15, -0.1) is 0 Å². The molecular formula is C20H19NO6. The zero-order valence-electron chi connectivity index (χ0n) is 15.1. The van der Waals surface area contributed by atoms with Crippen molar-refractivity contribution in [1.82, 2.24) is 5.32 Å². The highest BCUT2D eigenvalue weighted by Gasteiger charge is 2.17. The lowest BCUT2D eigenvalue weighted by atomic mass is 9.97. The van der Waals surface area contributed by atoms with Crippen LogP contribution in [-0.4, -0.2) is 39.0 Å². The Hall–Kier alpha value is -3.61. The molecule has 1 N–H and O–H groups in total. The summed E-state index contributed by atoms with van der Waals surface area (Å²) in [6, 6.07) is 13.3. The number of methoxy groups -OCH3 is 3. The number of hydrogen-bond donors (Lipinski definition) is 1. The van der Waals surface area contributed by atoms with Crippen LogP contribution in [0.15, 0.2) is 54.7 Å². The van der Waals surface area contributed by atoms with Gasteiger partial charge in [-0.3, -0.25) is 9.59 Å². The van der Waals surface area contributed by atoms with Gasteiger partial charge in [-0.05, 0) is 42.0 Å². The summed E-state index contributed by atoms with van der Waals surface area (Å²) < 4.78 is 14.6. The van der Waals surface area contributed by atoms with Gasteiger partial charge in [0.05, 0.1) is 21.3 Å². The molecule has 0 aromatic heterocycles. The summed E-state index contributed by atoms with van der Waals surface area (Å²) >= 11 is 0. The quantitative estimate of drug-likeness (QED) is 0.363. The Morgan fingerprint density at radius 3 is 1.70 bits per heavy atom. The van der Waals surface area contributed by atoms with E-state index in [2.05, 4.69) is 10.1 Å². The van der Waals surface area contributed by atoms with E-state index in [9.17, 15) is 14.4 Å². The molecule has 0 saturated heterocycles. The lowest BCUT2D eigenvalue weighted by molar-refractivity contribution is -0.152. The first-order chi connectivity index (χ1) is 13.0. The Labute approximate surface area is 156 Å². The molecule has 0 aliphatic heterocycles. The van der Waals surface area contributed by atoms with Crippen molar-refractivity contribution in [3.63, 3.8) is 0 Å². The summed E-state index contributed by atoms with van der Waals surface area (Å²) in [5, 5.41) is 2.28. The minimum atomic E-state index is -1.06. The maximum absolute atomic E-state index is 12.9. The van der Waals surface area contributed by atoms with E-state index in [0.29, 0.717) is 22.6 Å². The second-order valence-corrected chi connectivity index (χ2v) is 5.31. The molecule has 2 aromatic rings. The Kier molecular flexibility index (Phi) is 6.71. The molecule has 2 aromatic carbocycles. The second kappa shape index (κ2) is 9.19. The van der Waals surface area contributed by atoms with E-state index in [0.717, 1.165) is 7.11 Å². The number of esters is 1. The molecule has 0 radical (unpaired) electrons. The summed E-state index contributed by atoms with van der Waals surface area (Å²) in [4.78, 5) is 35.9. The molecule has 7 heteroatoms. The van der Waals surface area contributed by atoms with Crippen LogP contribution >= 0.6 is 0 Å². The standard InChI is InChI=1S/C20H19NO6/c1-25-15-8-4-13(5-9-15)17(12-21-19(23)20(24)27-3)18(22)14-6-10-16(26-2)11-7-14/h4-12H,1-3H3,(H,21,23)/b17-12-. The van der Waals surface area contributed by atoms with Crippen LogP contribution in [0.25, 0.3) is 5.57 Å². The van der Waals surface area contributed by atoms with Gasteiger partial charge in [-0.2, -0.15) is 0 Å². The molecule has 27 heavy (non-hydrogen) atoms. The molecule has 0 heterocycles. The van der Waals surface area contributed by atoms with Gasteiger partial charge in [-0.25, -0.2) is 4.79 Å². The SMILES string of the molecule is COC(=O)C(=O)N/C=C(\C(=O)c1ccc(OC)cc1)c1ccc(OC)cc1. The molecule has 0 bridgehead atoms. The predicted octanol–water partition coefficient (Wildman–Crippen LogP) is 2.22. The van der Waals surface area contributed by atoms with E-state index in [4.69, 9.17) is 9.47 Å². The molecule has 0 aliphatic rings. The first-order valence-corrected chi connectivity index (χ1v) is 7.92. The fourth-order valence-corrected chi connectivity index (χ4v) is 2.24. The Morgan fingerprint density at radius 1 is 0.778 bits per heavy atom. The third-order valence-electron chi connectivity index (χ3n) is 3.72. The van der Waals surface area contributed by atoms with Crippen molar-refractivity contribution < 1.29 is 28.6 Å². The summed E-state index contributed by atoms with van der Waals surface area (Å²) in [5.41, 5.74) is 1.13. The van der Waals surface area contributed by atoms with Crippen molar-refractivity contribution >= 4 is 23.2 Å². The molecule has 7 nitrogen and oxygen atoms in total. The average Bonchev–Trinajstić information content (AvgIpc) is 2.73. The Balaban J connectivity index is 2.38. The van der Waals surface area contributed by atoms with E-state index in [1.165, 1.54) is 20.4 Å². The molecule has 0 atom stereocenters. The lowest BCUT2D eigenvalue weighted by Crippen LogP contribution is -2.28. The molecule has 0 spiro atoms. The van der Waals surface area contributed by atoms with Crippen LogP contribution in [-0.2, 0) is 14.3 Å². The number of carbonyl (C=O) groups is 3. The number of Topliss-reactive ketones (excluding diaryl/α,β-unsaturated/α-hetero) is 1. The van der Waals surface area contributed by atoms with Crippen LogP contribution in [0.5, 0.6) is 11.5 Å². The van der Waals surface area contributed by atoms with Crippen molar-refractivity contribution in [3.05, 3.63) is 65.9 Å². The highest BCUT2D eigenvalue weighted by atomic mass is 16.5. The molecular weight excluding hydrogens is 350 g/mol. The number of carbonyl (C=O) groups excluding carboxylic acids is 3. The summed E-state index contributed by atoms with van der Waals surface area (Å²) in [6.45, 7) is 0. The fraction of sp³-hybridized carbons (Fsp3) is 0.150. The minimum Gasteiger partial charge on any atom is -0.497 e. The topological polar surface area (TPSA) is 90.9 Å². The molecule has 0 unspecified atom stereocenters. The number of benzene rings is 2. The normalized spacial score (nSPS) is 10.7. The second-order valence-electron chi connectivity index (χ2n) is 5.31. The number of ketones is 1. The summed E-state index contributed by atoms with van der Waals surface area (Å²) in [6.07, 6.45) is 1.19. The van der Waals surface area contributed by atoms with Gasteiger partial charge in [0, 0.05) is 17.3 Å². The zero-order chi connectivity index (χ0) is 19.8. The van der Waals surface area contributed by atoms with E-state index < -0.39 is 11.9 Å². The molecule has 140 valence electrons. The minimum absolute atomic E-state index is 0.195. The highest BCUT2D eigenvalue weighted by Crippen LogP contribution is 2.23. The number of allylic oxidation sites excluding steroid dienone is 1. The Bertz CT molecular complexity index is 853. The number of hydrogen-bond acceptors (Lipinski definition) is 6. The van der Waals surface area contributed by atoms with E-state index in [1.807, 2.05) is 0 Å². The highest BCUT2D eigenvalue weighted by molar-refractivity contribution is 6.34. The lowest BCUT2D eigenvalue weighted by Gasteiger charge is -2.10.